The molecular formula is C15H13F3N4O. The lowest BCUT2D eigenvalue weighted by Crippen LogP contribution is -2.19. The van der Waals surface area contributed by atoms with Crippen molar-refractivity contribution in [3.8, 4) is 0 Å². The molecule has 0 saturated heterocycles. The van der Waals surface area contributed by atoms with Crippen LogP contribution in [0.25, 0.3) is 5.70 Å². The predicted octanol–water partition coefficient (Wildman–Crippen LogP) is 2.62. The second-order valence-corrected chi connectivity index (χ2v) is 5.13. The summed E-state index contributed by atoms with van der Waals surface area (Å²) in [6.07, 6.45) is -2.72. The largest absolute Gasteiger partial charge is 0.416 e. The van der Waals surface area contributed by atoms with Crippen molar-refractivity contribution in [2.45, 2.75) is 13.1 Å². The molecule has 8 heteroatoms. The molecule has 1 aliphatic rings. The number of amides is 1. The van der Waals surface area contributed by atoms with Gasteiger partial charge in [0.1, 0.15) is 11.4 Å². The Labute approximate surface area is 129 Å². The average molecular weight is 322 g/mol. The molecule has 0 saturated carbocycles. The van der Waals surface area contributed by atoms with E-state index in [1.807, 2.05) is 0 Å². The van der Waals surface area contributed by atoms with Gasteiger partial charge in [0, 0.05) is 12.1 Å². The van der Waals surface area contributed by atoms with Crippen LogP contribution in [0.5, 0.6) is 0 Å². The molecule has 1 amide bonds. The SMILES string of the molecule is Cc1nn2c(c1C(N)=O)NCC=C2c1cccc(C(F)(F)F)c1. The molecule has 2 aromatic rings. The van der Waals surface area contributed by atoms with Gasteiger partial charge in [0.05, 0.1) is 17.0 Å². The summed E-state index contributed by atoms with van der Waals surface area (Å²) in [7, 11) is 0. The van der Waals surface area contributed by atoms with Crippen molar-refractivity contribution in [2.24, 2.45) is 5.73 Å². The Morgan fingerprint density at radius 1 is 1.39 bits per heavy atom. The molecule has 0 atom stereocenters. The summed E-state index contributed by atoms with van der Waals surface area (Å²) < 4.78 is 40.1. The maximum absolute atomic E-state index is 12.9. The minimum Gasteiger partial charge on any atom is -0.366 e. The van der Waals surface area contributed by atoms with E-state index in [-0.39, 0.29) is 5.56 Å². The third-order valence-electron chi connectivity index (χ3n) is 3.59. The Morgan fingerprint density at radius 2 is 2.13 bits per heavy atom. The lowest BCUT2D eigenvalue weighted by molar-refractivity contribution is -0.137. The number of carbonyl (C=O) groups excluding carboxylic acids is 1. The molecule has 120 valence electrons. The third kappa shape index (κ3) is 2.56. The molecule has 0 radical (unpaired) electrons. The van der Waals surface area contributed by atoms with Gasteiger partial charge < -0.3 is 11.1 Å². The molecule has 0 unspecified atom stereocenters. The Kier molecular flexibility index (Phi) is 3.39. The number of aromatic nitrogens is 2. The zero-order valence-electron chi connectivity index (χ0n) is 12.1. The van der Waals surface area contributed by atoms with Gasteiger partial charge in [-0.25, -0.2) is 4.68 Å². The summed E-state index contributed by atoms with van der Waals surface area (Å²) in [4.78, 5) is 11.5. The number of fused-ring (bicyclic) bond motifs is 1. The number of nitrogens with zero attached hydrogens (tertiary/aromatic N) is 2. The van der Waals surface area contributed by atoms with Crippen LogP contribution in [0.15, 0.2) is 30.3 Å². The smallest absolute Gasteiger partial charge is 0.366 e. The molecule has 1 aromatic carbocycles. The van der Waals surface area contributed by atoms with Crippen LogP contribution >= 0.6 is 0 Å². The number of benzene rings is 1. The predicted molar refractivity (Wildman–Crippen MR) is 78.8 cm³/mol. The van der Waals surface area contributed by atoms with E-state index < -0.39 is 17.6 Å². The van der Waals surface area contributed by atoms with E-state index in [0.29, 0.717) is 29.3 Å². The Morgan fingerprint density at radius 3 is 2.78 bits per heavy atom. The number of hydrogen-bond acceptors (Lipinski definition) is 3. The number of rotatable bonds is 2. The summed E-state index contributed by atoms with van der Waals surface area (Å²) in [5.41, 5.74) is 6.10. The highest BCUT2D eigenvalue weighted by Crippen LogP contribution is 2.33. The Bertz CT molecular complexity index is 821. The molecule has 0 bridgehead atoms. The number of nitrogens with one attached hydrogen (secondary N) is 1. The third-order valence-corrected chi connectivity index (χ3v) is 3.59. The topological polar surface area (TPSA) is 72.9 Å². The highest BCUT2D eigenvalue weighted by Gasteiger charge is 2.31. The molecule has 23 heavy (non-hydrogen) atoms. The summed E-state index contributed by atoms with van der Waals surface area (Å²) in [6, 6.07) is 4.97. The number of carbonyl (C=O) groups is 1. The number of aryl methyl sites for hydroxylation is 1. The van der Waals surface area contributed by atoms with Gasteiger partial charge in [0.2, 0.25) is 0 Å². The van der Waals surface area contributed by atoms with Gasteiger partial charge >= 0.3 is 6.18 Å². The van der Waals surface area contributed by atoms with E-state index in [1.54, 1.807) is 19.1 Å². The van der Waals surface area contributed by atoms with Gasteiger partial charge in [-0.15, -0.1) is 0 Å². The molecule has 3 rings (SSSR count). The minimum atomic E-state index is -4.43. The lowest BCUT2D eigenvalue weighted by atomic mass is 10.1. The number of hydrogen-bond donors (Lipinski definition) is 2. The molecule has 5 nitrogen and oxygen atoms in total. The summed E-state index contributed by atoms with van der Waals surface area (Å²) in [5.74, 6) is -0.244. The van der Waals surface area contributed by atoms with E-state index in [2.05, 4.69) is 10.4 Å². The zero-order valence-corrected chi connectivity index (χ0v) is 12.1. The van der Waals surface area contributed by atoms with Gasteiger partial charge in [0.15, 0.2) is 0 Å². The highest BCUT2D eigenvalue weighted by molar-refractivity contribution is 6.00. The molecule has 1 aromatic heterocycles. The van der Waals surface area contributed by atoms with Crippen molar-refractivity contribution in [3.63, 3.8) is 0 Å². The van der Waals surface area contributed by atoms with Crippen LogP contribution in [-0.4, -0.2) is 22.2 Å². The van der Waals surface area contributed by atoms with Crippen LogP contribution < -0.4 is 11.1 Å². The fourth-order valence-electron chi connectivity index (χ4n) is 2.59. The van der Waals surface area contributed by atoms with Crippen LogP contribution in [0.1, 0.15) is 27.2 Å². The van der Waals surface area contributed by atoms with Crippen molar-refractivity contribution in [2.75, 3.05) is 11.9 Å². The van der Waals surface area contributed by atoms with Crippen molar-refractivity contribution < 1.29 is 18.0 Å². The fourth-order valence-corrected chi connectivity index (χ4v) is 2.59. The summed E-state index contributed by atoms with van der Waals surface area (Å²) in [5, 5.41) is 7.20. The van der Waals surface area contributed by atoms with Gasteiger partial charge in [-0.05, 0) is 25.1 Å². The van der Waals surface area contributed by atoms with Crippen LogP contribution in [0, 0.1) is 6.92 Å². The normalized spacial score (nSPS) is 14.0. The zero-order chi connectivity index (χ0) is 16.8. The first kappa shape index (κ1) is 15.1. The maximum atomic E-state index is 12.9. The molecule has 0 spiro atoms. The number of nitrogens with two attached hydrogens (primary N) is 1. The van der Waals surface area contributed by atoms with Crippen LogP contribution in [0.2, 0.25) is 0 Å². The lowest BCUT2D eigenvalue weighted by Gasteiger charge is -2.19. The first-order chi connectivity index (χ1) is 10.8. The average Bonchev–Trinajstić information content (AvgIpc) is 2.82. The summed E-state index contributed by atoms with van der Waals surface area (Å²) >= 11 is 0. The number of alkyl halides is 3. The monoisotopic (exact) mass is 322 g/mol. The van der Waals surface area contributed by atoms with E-state index in [1.165, 1.54) is 10.7 Å². The number of halogens is 3. The van der Waals surface area contributed by atoms with Gasteiger partial charge in [-0.1, -0.05) is 12.1 Å². The van der Waals surface area contributed by atoms with Gasteiger partial charge in [-0.3, -0.25) is 4.79 Å². The molecule has 0 aliphatic carbocycles. The number of primary amides is 1. The molecule has 1 aliphatic heterocycles. The van der Waals surface area contributed by atoms with Crippen molar-refractivity contribution in [3.05, 3.63) is 52.7 Å². The van der Waals surface area contributed by atoms with Crippen LogP contribution in [0.4, 0.5) is 19.0 Å². The van der Waals surface area contributed by atoms with Crippen molar-refractivity contribution in [1.82, 2.24) is 9.78 Å². The summed E-state index contributed by atoms with van der Waals surface area (Å²) in [6.45, 7) is 1.98. The van der Waals surface area contributed by atoms with Crippen molar-refractivity contribution in [1.29, 1.82) is 0 Å². The van der Waals surface area contributed by atoms with Crippen LogP contribution in [0.3, 0.4) is 0 Å². The molecule has 3 N–H and O–H groups in total. The van der Waals surface area contributed by atoms with Crippen molar-refractivity contribution >= 4 is 17.4 Å². The quantitative estimate of drug-likeness (QED) is 0.893. The van der Waals surface area contributed by atoms with Crippen LogP contribution in [-0.2, 0) is 6.18 Å². The van der Waals surface area contributed by atoms with Gasteiger partial charge in [0.25, 0.3) is 5.91 Å². The van der Waals surface area contributed by atoms with E-state index >= 15 is 0 Å². The first-order valence-electron chi connectivity index (χ1n) is 6.80. The second kappa shape index (κ2) is 5.15. The fraction of sp³-hybridized carbons (Fsp3) is 0.200. The van der Waals surface area contributed by atoms with Gasteiger partial charge in [-0.2, -0.15) is 18.3 Å². The molecule has 2 heterocycles. The standard InChI is InChI=1S/C15H13F3N4O/c1-8-12(13(19)23)14-20-6-5-11(22(14)21-8)9-3-2-4-10(7-9)15(16,17)18/h2-5,7,20H,6H2,1H3,(H2,19,23). The number of anilines is 1. The highest BCUT2D eigenvalue weighted by atomic mass is 19.4. The van der Waals surface area contributed by atoms with E-state index in [4.69, 9.17) is 5.73 Å². The van der Waals surface area contributed by atoms with E-state index in [0.717, 1.165) is 12.1 Å². The minimum absolute atomic E-state index is 0.238. The molecule has 0 fully saturated rings. The first-order valence-corrected chi connectivity index (χ1v) is 6.80. The Balaban J connectivity index is 2.12. The molecular weight excluding hydrogens is 309 g/mol. The second-order valence-electron chi connectivity index (χ2n) is 5.13. The maximum Gasteiger partial charge on any atom is 0.416 e. The van der Waals surface area contributed by atoms with E-state index in [9.17, 15) is 18.0 Å². The Hall–Kier alpha value is -2.77.